The Morgan fingerprint density at radius 1 is 0.921 bits per heavy atom. The molecule has 3 aromatic carbocycles. The molecule has 8 nitrogen and oxygen atoms in total. The number of nitrogens with zero attached hydrogens (tertiary/aromatic N) is 3. The summed E-state index contributed by atoms with van der Waals surface area (Å²) in [6.45, 7) is 2.94. The average molecular weight is 516 g/mol. The smallest absolute Gasteiger partial charge is 0.257 e. The zero-order chi connectivity index (χ0) is 27.0. The summed E-state index contributed by atoms with van der Waals surface area (Å²) in [5.74, 6) is 0.880. The molecular weight excluding hydrogens is 485 g/mol. The second-order valence-corrected chi connectivity index (χ2v) is 9.44. The summed E-state index contributed by atoms with van der Waals surface area (Å²) in [5.41, 5.74) is 5.80. The van der Waals surface area contributed by atoms with E-state index in [9.17, 15) is 9.18 Å². The number of hydrogen-bond donors (Lipinski definition) is 2. The van der Waals surface area contributed by atoms with E-state index in [1.54, 1.807) is 35.8 Å². The number of anilines is 1. The molecule has 4 aromatic rings. The topological polar surface area (TPSA) is 84.5 Å². The number of nitrogens with one attached hydrogen (secondary N) is 2. The molecule has 0 saturated heterocycles. The van der Waals surface area contributed by atoms with Gasteiger partial charge in [0, 0.05) is 37.6 Å². The van der Waals surface area contributed by atoms with Crippen LogP contribution in [0.25, 0.3) is 11.1 Å². The third kappa shape index (κ3) is 4.74. The maximum absolute atomic E-state index is 13.9. The molecular formula is C29H30FN5O3. The largest absolute Gasteiger partial charge is 0.497 e. The van der Waals surface area contributed by atoms with E-state index in [1.165, 1.54) is 12.1 Å². The first-order valence-electron chi connectivity index (χ1n) is 12.2. The molecule has 5 rings (SSSR count). The van der Waals surface area contributed by atoms with Crippen molar-refractivity contribution in [2.24, 2.45) is 7.05 Å². The van der Waals surface area contributed by atoms with Crippen LogP contribution in [0.4, 0.5) is 10.1 Å². The minimum Gasteiger partial charge on any atom is -0.497 e. The lowest BCUT2D eigenvalue weighted by Gasteiger charge is -2.32. The van der Waals surface area contributed by atoms with Gasteiger partial charge in [-0.15, -0.1) is 0 Å². The van der Waals surface area contributed by atoms with Crippen LogP contribution in [0.2, 0.25) is 0 Å². The molecule has 38 heavy (non-hydrogen) atoms. The summed E-state index contributed by atoms with van der Waals surface area (Å²) in [6.07, 6.45) is 3.66. The number of aryl methyl sites for hydroxylation is 2. The van der Waals surface area contributed by atoms with Gasteiger partial charge in [-0.1, -0.05) is 6.07 Å². The Morgan fingerprint density at radius 3 is 2.24 bits per heavy atom. The van der Waals surface area contributed by atoms with Crippen LogP contribution < -0.4 is 20.4 Å². The van der Waals surface area contributed by atoms with E-state index in [-0.39, 0.29) is 11.7 Å². The molecule has 1 aliphatic heterocycles. The molecule has 1 aliphatic rings. The maximum atomic E-state index is 13.9. The highest BCUT2D eigenvalue weighted by Crippen LogP contribution is 2.38. The number of aromatic nitrogens is 2. The van der Waals surface area contributed by atoms with E-state index in [1.807, 2.05) is 55.2 Å². The van der Waals surface area contributed by atoms with Gasteiger partial charge in [0.05, 0.1) is 38.7 Å². The minimum atomic E-state index is -0.307. The van der Waals surface area contributed by atoms with Crippen molar-refractivity contribution in [2.75, 3.05) is 26.2 Å². The zero-order valence-electron chi connectivity index (χ0n) is 21.8. The van der Waals surface area contributed by atoms with Crippen LogP contribution in [0.3, 0.4) is 0 Å². The third-order valence-electron chi connectivity index (χ3n) is 6.86. The molecule has 2 heterocycles. The van der Waals surface area contributed by atoms with E-state index < -0.39 is 0 Å². The first kappa shape index (κ1) is 25.1. The highest BCUT2D eigenvalue weighted by molar-refractivity contribution is 6.05. The van der Waals surface area contributed by atoms with Gasteiger partial charge in [-0.2, -0.15) is 0 Å². The number of carbonyl (C=O) groups excluding carboxylic acids is 1. The summed E-state index contributed by atoms with van der Waals surface area (Å²) < 4.78 is 28.2. The number of amides is 1. The van der Waals surface area contributed by atoms with Gasteiger partial charge in [0.1, 0.15) is 17.3 Å². The third-order valence-corrected chi connectivity index (χ3v) is 6.86. The van der Waals surface area contributed by atoms with Gasteiger partial charge >= 0.3 is 0 Å². The molecule has 0 aliphatic carbocycles. The van der Waals surface area contributed by atoms with Gasteiger partial charge in [-0.3, -0.25) is 10.2 Å². The Hall–Kier alpha value is -4.53. The lowest BCUT2D eigenvalue weighted by atomic mass is 9.92. The van der Waals surface area contributed by atoms with E-state index in [2.05, 4.69) is 5.32 Å². The number of hydrogen-bond acceptors (Lipinski definition) is 5. The predicted molar refractivity (Wildman–Crippen MR) is 143 cm³/mol. The number of ether oxygens (including phenoxy) is 2. The molecule has 0 fully saturated rings. The number of methoxy groups -OCH3 is 2. The van der Waals surface area contributed by atoms with Crippen molar-refractivity contribution < 1.29 is 18.7 Å². The highest BCUT2D eigenvalue weighted by Gasteiger charge is 2.28. The SMILES string of the molecule is COc1cc(CN2CNc3c(cc(Cn4ccn(C)c4=N)cc3-c3ccc(F)cc3C)C2=O)cc(OC)c1. The number of rotatable bonds is 7. The first-order valence-corrected chi connectivity index (χ1v) is 12.2. The van der Waals surface area contributed by atoms with E-state index in [4.69, 9.17) is 14.9 Å². The first-order chi connectivity index (χ1) is 18.3. The summed E-state index contributed by atoms with van der Waals surface area (Å²) >= 11 is 0. The quantitative estimate of drug-likeness (QED) is 0.379. The standard InChI is InChI=1S/C29H30FN5O3/c1-18-9-21(30)5-6-24(18)25-12-20(15-34-8-7-33(2)29(34)31)13-26-27(25)32-17-35(28(26)36)16-19-10-22(37-3)14-23(11-19)38-4/h5-14,31-32H,15-17H2,1-4H3. The lowest BCUT2D eigenvalue weighted by Crippen LogP contribution is -2.39. The molecule has 0 atom stereocenters. The van der Waals surface area contributed by atoms with Crippen LogP contribution in [0, 0.1) is 18.2 Å². The van der Waals surface area contributed by atoms with Gasteiger partial charge in [0.2, 0.25) is 5.62 Å². The Labute approximate surface area is 220 Å². The summed E-state index contributed by atoms with van der Waals surface area (Å²) in [7, 11) is 5.00. The van der Waals surface area contributed by atoms with Crippen LogP contribution >= 0.6 is 0 Å². The fraction of sp³-hybridized carbons (Fsp3) is 0.241. The summed E-state index contributed by atoms with van der Waals surface area (Å²) in [5, 5.41) is 11.8. The second kappa shape index (κ2) is 10.1. The van der Waals surface area contributed by atoms with Crippen molar-refractivity contribution in [3.8, 4) is 22.6 Å². The molecule has 0 bridgehead atoms. The molecule has 2 N–H and O–H groups in total. The molecule has 0 saturated carbocycles. The maximum Gasteiger partial charge on any atom is 0.257 e. The predicted octanol–water partition coefficient (Wildman–Crippen LogP) is 4.51. The van der Waals surface area contributed by atoms with Crippen molar-refractivity contribution in [3.05, 3.63) is 94.6 Å². The van der Waals surface area contributed by atoms with E-state index >= 15 is 0 Å². The molecule has 0 radical (unpaired) electrons. The van der Waals surface area contributed by atoms with Crippen molar-refractivity contribution >= 4 is 11.6 Å². The van der Waals surface area contributed by atoms with Gasteiger partial charge in [0.15, 0.2) is 0 Å². The van der Waals surface area contributed by atoms with Crippen molar-refractivity contribution in [1.82, 2.24) is 14.0 Å². The lowest BCUT2D eigenvalue weighted by molar-refractivity contribution is 0.0746. The van der Waals surface area contributed by atoms with Crippen molar-refractivity contribution in [2.45, 2.75) is 20.0 Å². The Kier molecular flexibility index (Phi) is 6.67. The minimum absolute atomic E-state index is 0.118. The number of benzene rings is 3. The number of carbonyl (C=O) groups is 1. The van der Waals surface area contributed by atoms with Crippen LogP contribution in [0.5, 0.6) is 11.5 Å². The van der Waals surface area contributed by atoms with Crippen LogP contribution in [-0.2, 0) is 20.1 Å². The highest BCUT2D eigenvalue weighted by atomic mass is 19.1. The zero-order valence-corrected chi connectivity index (χ0v) is 21.8. The normalized spacial score (nSPS) is 12.8. The monoisotopic (exact) mass is 515 g/mol. The average Bonchev–Trinajstić information content (AvgIpc) is 3.22. The van der Waals surface area contributed by atoms with Gasteiger partial charge in [-0.05, 0) is 65.6 Å². The molecule has 0 spiro atoms. The molecule has 0 unspecified atom stereocenters. The Balaban J connectivity index is 1.57. The van der Waals surface area contributed by atoms with Crippen molar-refractivity contribution in [3.63, 3.8) is 0 Å². The van der Waals surface area contributed by atoms with Gasteiger partial charge < -0.3 is 28.8 Å². The summed E-state index contributed by atoms with van der Waals surface area (Å²) in [6, 6.07) is 14.1. The second-order valence-electron chi connectivity index (χ2n) is 9.44. The van der Waals surface area contributed by atoms with Crippen molar-refractivity contribution in [1.29, 1.82) is 5.41 Å². The number of imidazole rings is 1. The van der Waals surface area contributed by atoms with E-state index in [0.717, 1.165) is 33.5 Å². The number of halogens is 1. The molecule has 1 aromatic heterocycles. The fourth-order valence-corrected chi connectivity index (χ4v) is 4.86. The van der Waals surface area contributed by atoms with Crippen LogP contribution in [-0.4, -0.2) is 40.8 Å². The Morgan fingerprint density at radius 2 is 1.61 bits per heavy atom. The molecule has 196 valence electrons. The summed E-state index contributed by atoms with van der Waals surface area (Å²) in [4.78, 5) is 15.6. The molecule has 1 amide bonds. The molecule has 9 heteroatoms. The Bertz CT molecular complexity index is 1570. The van der Waals surface area contributed by atoms with Gasteiger partial charge in [0.25, 0.3) is 5.91 Å². The van der Waals surface area contributed by atoms with Crippen LogP contribution in [0.1, 0.15) is 27.0 Å². The van der Waals surface area contributed by atoms with Crippen LogP contribution in [0.15, 0.2) is 60.9 Å². The number of fused-ring (bicyclic) bond motifs is 1. The van der Waals surface area contributed by atoms with Gasteiger partial charge in [-0.25, -0.2) is 4.39 Å². The van der Waals surface area contributed by atoms with E-state index in [0.29, 0.717) is 42.4 Å². The fourth-order valence-electron chi connectivity index (χ4n) is 4.86.